The van der Waals surface area contributed by atoms with Gasteiger partial charge in [-0.25, -0.2) is 0 Å². The monoisotopic (exact) mass is 320 g/mol. The highest BCUT2D eigenvalue weighted by atomic mass is 16.2. The normalized spacial score (nSPS) is 10.5. The molecule has 0 bridgehead atoms. The molecule has 0 unspecified atom stereocenters. The van der Waals surface area contributed by atoms with Crippen molar-refractivity contribution in [2.75, 3.05) is 6.54 Å². The van der Waals surface area contributed by atoms with Crippen LogP contribution in [0.25, 0.3) is 0 Å². The second-order valence-electron chi connectivity index (χ2n) is 5.95. The fourth-order valence-corrected chi connectivity index (χ4v) is 2.44. The molecule has 0 aliphatic heterocycles. The SMILES string of the molecule is CCCCCCCCCCNC(=O)C[n+]1ccc(C(N)=O)cc1. The van der Waals surface area contributed by atoms with Gasteiger partial charge in [0.15, 0.2) is 12.4 Å². The van der Waals surface area contributed by atoms with E-state index in [9.17, 15) is 9.59 Å². The Morgan fingerprint density at radius 1 is 1.00 bits per heavy atom. The summed E-state index contributed by atoms with van der Waals surface area (Å²) in [5, 5.41) is 2.93. The number of amides is 2. The van der Waals surface area contributed by atoms with Crippen LogP contribution in [0.2, 0.25) is 0 Å². The minimum Gasteiger partial charge on any atom is -0.366 e. The van der Waals surface area contributed by atoms with E-state index < -0.39 is 5.91 Å². The predicted octanol–water partition coefficient (Wildman–Crippen LogP) is 2.33. The zero-order chi connectivity index (χ0) is 16.9. The molecule has 0 saturated heterocycles. The summed E-state index contributed by atoms with van der Waals surface area (Å²) in [5.41, 5.74) is 5.62. The van der Waals surface area contributed by atoms with Crippen molar-refractivity contribution in [1.82, 2.24) is 5.32 Å². The van der Waals surface area contributed by atoms with E-state index >= 15 is 0 Å². The van der Waals surface area contributed by atoms with Crippen LogP contribution >= 0.6 is 0 Å². The van der Waals surface area contributed by atoms with Crippen LogP contribution in [-0.4, -0.2) is 18.4 Å². The minimum absolute atomic E-state index is 0.00947. The van der Waals surface area contributed by atoms with Gasteiger partial charge in [-0.15, -0.1) is 0 Å². The zero-order valence-corrected chi connectivity index (χ0v) is 14.2. The molecule has 0 spiro atoms. The van der Waals surface area contributed by atoms with Gasteiger partial charge < -0.3 is 11.1 Å². The van der Waals surface area contributed by atoms with Gasteiger partial charge in [0.05, 0.1) is 5.56 Å². The van der Waals surface area contributed by atoms with E-state index in [4.69, 9.17) is 5.73 Å². The van der Waals surface area contributed by atoms with Crippen LogP contribution in [0.3, 0.4) is 0 Å². The molecule has 1 aromatic rings. The quantitative estimate of drug-likeness (QED) is 0.458. The lowest BCUT2D eigenvalue weighted by atomic mass is 10.1. The Morgan fingerprint density at radius 3 is 2.13 bits per heavy atom. The van der Waals surface area contributed by atoms with Crippen LogP contribution in [0.15, 0.2) is 24.5 Å². The number of carbonyl (C=O) groups excluding carboxylic acids is 2. The maximum absolute atomic E-state index is 11.8. The maximum atomic E-state index is 11.8. The standard InChI is InChI=1S/C18H29N3O2/c1-2-3-4-5-6-7-8-9-12-20-17(22)15-21-13-10-16(11-14-21)18(19)23/h10-11,13-14H,2-9,12,15H2,1H3,(H2-,19,20,22,23)/p+1. The molecule has 0 radical (unpaired) electrons. The van der Waals surface area contributed by atoms with Gasteiger partial charge in [-0.05, 0) is 6.42 Å². The molecule has 0 aliphatic carbocycles. The molecule has 5 nitrogen and oxygen atoms in total. The summed E-state index contributed by atoms with van der Waals surface area (Å²) < 4.78 is 1.73. The highest BCUT2D eigenvalue weighted by Crippen LogP contribution is 2.07. The molecule has 5 heteroatoms. The highest BCUT2D eigenvalue weighted by molar-refractivity contribution is 5.92. The Labute approximate surface area is 139 Å². The van der Waals surface area contributed by atoms with E-state index in [1.165, 1.54) is 44.9 Å². The number of nitrogens with zero attached hydrogens (tertiary/aromatic N) is 1. The van der Waals surface area contributed by atoms with E-state index in [0.717, 1.165) is 13.0 Å². The molecule has 1 rings (SSSR count). The third-order valence-electron chi connectivity index (χ3n) is 3.85. The van der Waals surface area contributed by atoms with Crippen LogP contribution in [-0.2, 0) is 11.3 Å². The van der Waals surface area contributed by atoms with Crippen molar-refractivity contribution < 1.29 is 14.2 Å². The lowest BCUT2D eigenvalue weighted by Gasteiger charge is -2.04. The highest BCUT2D eigenvalue weighted by Gasteiger charge is 2.09. The Balaban J connectivity index is 2.07. The molecule has 1 aromatic heterocycles. The third-order valence-corrected chi connectivity index (χ3v) is 3.85. The summed E-state index contributed by atoms with van der Waals surface area (Å²) >= 11 is 0. The zero-order valence-electron chi connectivity index (χ0n) is 14.2. The molecule has 0 aliphatic rings. The average molecular weight is 320 g/mol. The van der Waals surface area contributed by atoms with Crippen molar-refractivity contribution in [2.24, 2.45) is 5.73 Å². The minimum atomic E-state index is -0.462. The molecular formula is C18H30N3O2+. The molecule has 1 heterocycles. The second kappa shape index (κ2) is 11.6. The first-order valence-corrected chi connectivity index (χ1v) is 8.69. The topological polar surface area (TPSA) is 76.1 Å². The summed E-state index contributed by atoms with van der Waals surface area (Å²) in [7, 11) is 0. The van der Waals surface area contributed by atoms with E-state index in [2.05, 4.69) is 12.2 Å². The van der Waals surface area contributed by atoms with Crippen molar-refractivity contribution in [3.63, 3.8) is 0 Å². The molecular weight excluding hydrogens is 290 g/mol. The van der Waals surface area contributed by atoms with E-state index in [1.807, 2.05) is 0 Å². The van der Waals surface area contributed by atoms with Gasteiger partial charge in [0, 0.05) is 18.7 Å². The van der Waals surface area contributed by atoms with E-state index in [1.54, 1.807) is 29.1 Å². The first-order valence-electron chi connectivity index (χ1n) is 8.69. The number of rotatable bonds is 12. The Hall–Kier alpha value is -1.91. The summed E-state index contributed by atoms with van der Waals surface area (Å²) in [6.45, 7) is 3.22. The Bertz CT molecular complexity index is 472. The molecule has 23 heavy (non-hydrogen) atoms. The first kappa shape index (κ1) is 19.1. The number of pyridine rings is 1. The van der Waals surface area contributed by atoms with Crippen molar-refractivity contribution in [3.05, 3.63) is 30.1 Å². The van der Waals surface area contributed by atoms with E-state index in [-0.39, 0.29) is 12.5 Å². The lowest BCUT2D eigenvalue weighted by molar-refractivity contribution is -0.684. The van der Waals surface area contributed by atoms with Gasteiger partial charge in [-0.3, -0.25) is 9.59 Å². The van der Waals surface area contributed by atoms with Crippen LogP contribution in [0, 0.1) is 0 Å². The number of nitrogens with one attached hydrogen (secondary N) is 1. The molecule has 0 fully saturated rings. The van der Waals surface area contributed by atoms with Crippen LogP contribution in [0.4, 0.5) is 0 Å². The van der Waals surface area contributed by atoms with Crippen molar-refractivity contribution >= 4 is 11.8 Å². The van der Waals surface area contributed by atoms with E-state index in [0.29, 0.717) is 5.56 Å². The maximum Gasteiger partial charge on any atom is 0.285 e. The van der Waals surface area contributed by atoms with Crippen LogP contribution in [0.1, 0.15) is 68.6 Å². The number of hydrogen-bond acceptors (Lipinski definition) is 2. The second-order valence-corrected chi connectivity index (χ2v) is 5.95. The van der Waals surface area contributed by atoms with Crippen LogP contribution < -0.4 is 15.6 Å². The van der Waals surface area contributed by atoms with Crippen molar-refractivity contribution in [3.8, 4) is 0 Å². The van der Waals surface area contributed by atoms with Gasteiger partial charge in [0.1, 0.15) is 0 Å². The number of unbranched alkanes of at least 4 members (excludes halogenated alkanes) is 7. The third kappa shape index (κ3) is 8.96. The fraction of sp³-hybridized carbons (Fsp3) is 0.611. The summed E-state index contributed by atoms with van der Waals surface area (Å²) in [6.07, 6.45) is 13.4. The van der Waals surface area contributed by atoms with Gasteiger partial charge in [0.25, 0.3) is 5.91 Å². The van der Waals surface area contributed by atoms with Gasteiger partial charge >= 0.3 is 0 Å². The van der Waals surface area contributed by atoms with Gasteiger partial charge in [-0.2, -0.15) is 4.57 Å². The number of carbonyl (C=O) groups is 2. The van der Waals surface area contributed by atoms with Crippen molar-refractivity contribution in [2.45, 2.75) is 64.8 Å². The first-order chi connectivity index (χ1) is 11.1. The Kier molecular flexibility index (Phi) is 9.68. The lowest BCUT2D eigenvalue weighted by Crippen LogP contribution is -2.42. The molecule has 3 N–H and O–H groups in total. The van der Waals surface area contributed by atoms with Gasteiger partial charge in [-0.1, -0.05) is 51.9 Å². The molecule has 2 amide bonds. The number of primary amides is 1. The number of hydrogen-bond donors (Lipinski definition) is 2. The summed E-state index contributed by atoms with van der Waals surface area (Å²) in [6, 6.07) is 3.24. The van der Waals surface area contributed by atoms with Crippen molar-refractivity contribution in [1.29, 1.82) is 0 Å². The predicted molar refractivity (Wildman–Crippen MR) is 90.8 cm³/mol. The largest absolute Gasteiger partial charge is 0.366 e. The molecule has 0 saturated carbocycles. The van der Waals surface area contributed by atoms with Gasteiger partial charge in [0.2, 0.25) is 12.5 Å². The van der Waals surface area contributed by atoms with Crippen LogP contribution in [0.5, 0.6) is 0 Å². The molecule has 0 atom stereocenters. The fourth-order valence-electron chi connectivity index (χ4n) is 2.44. The average Bonchev–Trinajstić information content (AvgIpc) is 2.54. The number of nitrogens with two attached hydrogens (primary N) is 1. The summed E-state index contributed by atoms with van der Waals surface area (Å²) in [4.78, 5) is 22.8. The Morgan fingerprint density at radius 2 is 1.57 bits per heavy atom. The molecule has 128 valence electrons. The summed E-state index contributed by atoms with van der Waals surface area (Å²) in [5.74, 6) is -0.471. The smallest absolute Gasteiger partial charge is 0.285 e. The molecule has 0 aromatic carbocycles. The number of aromatic nitrogens is 1.